The summed E-state index contributed by atoms with van der Waals surface area (Å²) in [5.41, 5.74) is 1.82. The number of nitrogens with one attached hydrogen (secondary N) is 2. The van der Waals surface area contributed by atoms with E-state index in [-0.39, 0.29) is 11.4 Å². The van der Waals surface area contributed by atoms with Crippen LogP contribution in [0.2, 0.25) is 0 Å². The van der Waals surface area contributed by atoms with Crippen LogP contribution in [0.5, 0.6) is 0 Å². The third-order valence-electron chi connectivity index (χ3n) is 3.89. The number of amides is 2. The molecule has 0 spiro atoms. The van der Waals surface area contributed by atoms with Crippen molar-refractivity contribution in [2.75, 3.05) is 25.6 Å². The Morgan fingerprint density at radius 3 is 2.71 bits per heavy atom. The number of ether oxygens (including phenoxy) is 1. The average Bonchev–Trinajstić information content (AvgIpc) is 2.92. The molecule has 0 aliphatic rings. The lowest BCUT2D eigenvalue weighted by molar-refractivity contribution is 0.201. The van der Waals surface area contributed by atoms with Gasteiger partial charge in [-0.1, -0.05) is 13.8 Å². The predicted octanol–water partition coefficient (Wildman–Crippen LogP) is 2.10. The number of anilines is 1. The smallest absolute Gasteiger partial charge is 0.320 e. The number of carbonyl (C=O) groups excluding carboxylic acids is 1. The van der Waals surface area contributed by atoms with Crippen molar-refractivity contribution in [1.82, 2.24) is 20.1 Å². The highest BCUT2D eigenvalue weighted by atomic mass is 16.5. The van der Waals surface area contributed by atoms with Crippen molar-refractivity contribution in [3.63, 3.8) is 0 Å². The zero-order chi connectivity index (χ0) is 17.6. The molecule has 2 amide bonds. The monoisotopic (exact) mass is 331 g/mol. The van der Waals surface area contributed by atoms with Gasteiger partial charge in [0.15, 0.2) is 0 Å². The molecule has 2 aromatic rings. The molecule has 0 saturated heterocycles. The number of hydrogen-bond acceptors (Lipinski definition) is 4. The number of methoxy groups -OCH3 is 1. The van der Waals surface area contributed by atoms with Gasteiger partial charge in [-0.3, -0.25) is 15.0 Å². The molecule has 0 atom stereocenters. The number of aryl methyl sites for hydroxylation is 1. The third kappa shape index (κ3) is 4.79. The molecule has 24 heavy (non-hydrogen) atoms. The molecule has 0 aliphatic carbocycles. The molecule has 130 valence electrons. The Balaban J connectivity index is 1.90. The summed E-state index contributed by atoms with van der Waals surface area (Å²) in [4.78, 5) is 16.2. The van der Waals surface area contributed by atoms with E-state index in [0.29, 0.717) is 25.4 Å². The average molecular weight is 331 g/mol. The second kappa shape index (κ2) is 7.92. The van der Waals surface area contributed by atoms with Crippen molar-refractivity contribution in [2.45, 2.75) is 25.7 Å². The number of nitrogens with zero attached hydrogens (tertiary/aromatic N) is 3. The summed E-state index contributed by atoms with van der Waals surface area (Å²) in [6, 6.07) is 5.52. The zero-order valence-corrected chi connectivity index (χ0v) is 14.7. The van der Waals surface area contributed by atoms with Crippen LogP contribution in [0.25, 0.3) is 0 Å². The number of urea groups is 1. The molecule has 0 unspecified atom stereocenters. The predicted molar refractivity (Wildman–Crippen MR) is 93.1 cm³/mol. The molecular formula is C17H25N5O2. The van der Waals surface area contributed by atoms with Gasteiger partial charge in [0.2, 0.25) is 0 Å². The highest BCUT2D eigenvalue weighted by Gasteiger charge is 2.21. The number of hydrogen-bond donors (Lipinski definition) is 2. The fourth-order valence-corrected chi connectivity index (χ4v) is 2.34. The lowest BCUT2D eigenvalue weighted by Crippen LogP contribution is -2.39. The van der Waals surface area contributed by atoms with E-state index in [4.69, 9.17) is 4.74 Å². The Labute approximate surface area is 142 Å². The van der Waals surface area contributed by atoms with Crippen molar-refractivity contribution in [3.8, 4) is 0 Å². The van der Waals surface area contributed by atoms with Crippen LogP contribution < -0.4 is 10.6 Å². The number of aromatic nitrogens is 3. The first-order valence-corrected chi connectivity index (χ1v) is 7.89. The first kappa shape index (κ1) is 17.9. The summed E-state index contributed by atoms with van der Waals surface area (Å²) in [6.07, 6.45) is 4.23. The minimum absolute atomic E-state index is 0.184. The molecule has 2 rings (SSSR count). The highest BCUT2D eigenvalue weighted by molar-refractivity contribution is 5.88. The Morgan fingerprint density at radius 2 is 2.04 bits per heavy atom. The van der Waals surface area contributed by atoms with Crippen molar-refractivity contribution >= 4 is 11.8 Å². The number of rotatable bonds is 7. The highest BCUT2D eigenvalue weighted by Crippen LogP contribution is 2.21. The van der Waals surface area contributed by atoms with Gasteiger partial charge in [0, 0.05) is 51.0 Å². The summed E-state index contributed by atoms with van der Waals surface area (Å²) in [6.45, 7) is 5.27. The molecule has 0 aromatic carbocycles. The normalized spacial score (nSPS) is 11.3. The van der Waals surface area contributed by atoms with Crippen LogP contribution in [0.3, 0.4) is 0 Å². The lowest BCUT2D eigenvalue weighted by atomic mass is 9.85. The van der Waals surface area contributed by atoms with Gasteiger partial charge in [0.25, 0.3) is 0 Å². The molecule has 0 bridgehead atoms. The van der Waals surface area contributed by atoms with Gasteiger partial charge >= 0.3 is 6.03 Å². The minimum Gasteiger partial charge on any atom is -0.384 e. The van der Waals surface area contributed by atoms with Crippen LogP contribution in [0.15, 0.2) is 30.6 Å². The van der Waals surface area contributed by atoms with Crippen molar-refractivity contribution < 1.29 is 9.53 Å². The third-order valence-corrected chi connectivity index (χ3v) is 3.89. The van der Waals surface area contributed by atoms with E-state index in [0.717, 1.165) is 11.3 Å². The van der Waals surface area contributed by atoms with Gasteiger partial charge < -0.3 is 10.1 Å². The standard InChI is InChI=1S/C17H25N5O2/c1-17(2,13-5-8-18-9-6-13)12-19-16(23)20-15-11-14(7-10-24-4)21-22(15)3/h5-6,8-9,11H,7,10,12H2,1-4H3,(H2,19,20,23). The number of carbonyl (C=O) groups is 1. The van der Waals surface area contributed by atoms with Gasteiger partial charge in [0.05, 0.1) is 12.3 Å². The molecule has 2 aromatic heterocycles. The maximum Gasteiger partial charge on any atom is 0.320 e. The first-order chi connectivity index (χ1) is 11.4. The molecule has 2 heterocycles. The first-order valence-electron chi connectivity index (χ1n) is 7.89. The van der Waals surface area contributed by atoms with Crippen LogP contribution in [-0.2, 0) is 23.6 Å². The fourth-order valence-electron chi connectivity index (χ4n) is 2.34. The summed E-state index contributed by atoms with van der Waals surface area (Å²) < 4.78 is 6.69. The van der Waals surface area contributed by atoms with E-state index in [1.54, 1.807) is 31.2 Å². The Kier molecular flexibility index (Phi) is 5.92. The van der Waals surface area contributed by atoms with Gasteiger partial charge in [-0.05, 0) is 17.7 Å². The quantitative estimate of drug-likeness (QED) is 0.814. The molecule has 0 saturated carbocycles. The van der Waals surface area contributed by atoms with Crippen LogP contribution in [0.1, 0.15) is 25.1 Å². The van der Waals surface area contributed by atoms with E-state index in [1.165, 1.54) is 0 Å². The largest absolute Gasteiger partial charge is 0.384 e. The maximum absolute atomic E-state index is 12.2. The summed E-state index contributed by atoms with van der Waals surface area (Å²) in [7, 11) is 3.45. The zero-order valence-electron chi connectivity index (χ0n) is 14.7. The summed E-state index contributed by atoms with van der Waals surface area (Å²) in [5.74, 6) is 0.653. The van der Waals surface area contributed by atoms with Crippen LogP contribution in [0.4, 0.5) is 10.6 Å². The molecule has 0 aliphatic heterocycles. The van der Waals surface area contributed by atoms with Crippen molar-refractivity contribution in [3.05, 3.63) is 41.9 Å². The topological polar surface area (TPSA) is 81.1 Å². The molecule has 7 nitrogen and oxygen atoms in total. The van der Waals surface area contributed by atoms with E-state index >= 15 is 0 Å². The van der Waals surface area contributed by atoms with Gasteiger partial charge in [-0.15, -0.1) is 0 Å². The second-order valence-corrected chi connectivity index (χ2v) is 6.31. The van der Waals surface area contributed by atoms with E-state index < -0.39 is 0 Å². The van der Waals surface area contributed by atoms with E-state index in [1.807, 2.05) is 18.2 Å². The minimum atomic E-state index is -0.251. The molecule has 7 heteroatoms. The van der Waals surface area contributed by atoms with E-state index in [9.17, 15) is 4.79 Å². The number of pyridine rings is 1. The summed E-state index contributed by atoms with van der Waals surface area (Å²) in [5, 5.41) is 10.1. The molecule has 0 radical (unpaired) electrons. The van der Waals surface area contributed by atoms with Crippen molar-refractivity contribution in [2.24, 2.45) is 7.05 Å². The Bertz CT molecular complexity index is 667. The van der Waals surface area contributed by atoms with Crippen molar-refractivity contribution in [1.29, 1.82) is 0 Å². The van der Waals surface area contributed by atoms with Gasteiger partial charge in [-0.2, -0.15) is 5.10 Å². The Hall–Kier alpha value is -2.41. The maximum atomic E-state index is 12.2. The Morgan fingerprint density at radius 1 is 1.33 bits per heavy atom. The SMILES string of the molecule is COCCc1cc(NC(=O)NCC(C)(C)c2ccncc2)n(C)n1. The van der Waals surface area contributed by atoms with E-state index in [2.05, 4.69) is 34.6 Å². The van der Waals surface area contributed by atoms with Gasteiger partial charge in [0.1, 0.15) is 5.82 Å². The van der Waals surface area contributed by atoms with Crippen LogP contribution in [-0.4, -0.2) is 41.1 Å². The molecule has 2 N–H and O–H groups in total. The van der Waals surface area contributed by atoms with Crippen LogP contribution >= 0.6 is 0 Å². The van der Waals surface area contributed by atoms with Gasteiger partial charge in [-0.25, -0.2) is 4.79 Å². The molecule has 0 fully saturated rings. The summed E-state index contributed by atoms with van der Waals surface area (Å²) >= 11 is 0. The molecular weight excluding hydrogens is 306 g/mol. The lowest BCUT2D eigenvalue weighted by Gasteiger charge is -2.25. The van der Waals surface area contributed by atoms with Crippen LogP contribution in [0, 0.1) is 0 Å². The second-order valence-electron chi connectivity index (χ2n) is 6.31. The fraction of sp³-hybridized carbons (Fsp3) is 0.471.